The molecule has 0 fully saturated rings. The summed E-state index contributed by atoms with van der Waals surface area (Å²) in [6.07, 6.45) is 0.834. The van der Waals surface area contributed by atoms with E-state index in [2.05, 4.69) is 22.9 Å². The lowest BCUT2D eigenvalue weighted by Crippen LogP contribution is -2.18. The fourth-order valence-electron chi connectivity index (χ4n) is 1.96. The monoisotopic (exact) mass is 349 g/mol. The summed E-state index contributed by atoms with van der Waals surface area (Å²) in [5.74, 6) is 1.64. The Balaban J connectivity index is 2.04. The summed E-state index contributed by atoms with van der Waals surface area (Å²) < 4.78 is 12.5. The maximum atomic E-state index is 5.96. The van der Waals surface area contributed by atoms with E-state index in [9.17, 15) is 0 Å². The van der Waals surface area contributed by atoms with Crippen LogP contribution < -0.4 is 15.2 Å². The average Bonchev–Trinajstić information content (AvgIpc) is 2.51. The van der Waals surface area contributed by atoms with Crippen LogP contribution in [-0.2, 0) is 0 Å². The van der Waals surface area contributed by atoms with Crippen LogP contribution >= 0.6 is 15.9 Å². The molecular weight excluding hydrogens is 330 g/mol. The summed E-state index contributed by atoms with van der Waals surface area (Å²) in [6, 6.07) is 15.7. The number of benzene rings is 2. The zero-order valence-electron chi connectivity index (χ0n) is 12.1. The minimum atomic E-state index is -0.162. The van der Waals surface area contributed by atoms with E-state index in [1.165, 1.54) is 0 Å². The molecule has 2 rings (SSSR count). The normalized spacial score (nSPS) is 12.0. The van der Waals surface area contributed by atoms with Crippen LogP contribution in [0.1, 0.15) is 25.0 Å². The second kappa shape index (κ2) is 8.05. The van der Waals surface area contributed by atoms with E-state index in [1.54, 1.807) is 0 Å². The summed E-state index contributed by atoms with van der Waals surface area (Å²) in [5.41, 5.74) is 6.89. The second-order valence-electron chi connectivity index (χ2n) is 4.72. The standard InChI is InChI=1S/C17H20BrNO2/c1-2-10-20-15-6-8-16(9-7-15)21-17(12-19)13-4-3-5-14(18)11-13/h3-9,11,17H,2,10,12,19H2,1H3. The molecule has 0 spiro atoms. The van der Waals surface area contributed by atoms with E-state index in [0.29, 0.717) is 6.54 Å². The van der Waals surface area contributed by atoms with E-state index in [0.717, 1.165) is 34.6 Å². The maximum Gasteiger partial charge on any atom is 0.136 e. The van der Waals surface area contributed by atoms with Crippen molar-refractivity contribution < 1.29 is 9.47 Å². The Kier molecular flexibility index (Phi) is 6.08. The smallest absolute Gasteiger partial charge is 0.136 e. The first-order valence-electron chi connectivity index (χ1n) is 7.08. The van der Waals surface area contributed by atoms with Gasteiger partial charge in [0.05, 0.1) is 6.61 Å². The van der Waals surface area contributed by atoms with Gasteiger partial charge in [-0.15, -0.1) is 0 Å². The number of hydrogen-bond acceptors (Lipinski definition) is 3. The molecule has 0 aliphatic rings. The SMILES string of the molecule is CCCOc1ccc(OC(CN)c2cccc(Br)c2)cc1. The molecule has 0 saturated carbocycles. The van der Waals surface area contributed by atoms with Crippen molar-refractivity contribution in [3.05, 3.63) is 58.6 Å². The van der Waals surface area contributed by atoms with E-state index >= 15 is 0 Å². The third-order valence-corrected chi connectivity index (χ3v) is 3.50. The predicted molar refractivity (Wildman–Crippen MR) is 88.8 cm³/mol. The number of ether oxygens (including phenoxy) is 2. The fourth-order valence-corrected chi connectivity index (χ4v) is 2.37. The van der Waals surface area contributed by atoms with Gasteiger partial charge in [-0.25, -0.2) is 0 Å². The number of halogens is 1. The minimum Gasteiger partial charge on any atom is -0.494 e. The Morgan fingerprint density at radius 3 is 2.43 bits per heavy atom. The van der Waals surface area contributed by atoms with Gasteiger partial charge >= 0.3 is 0 Å². The highest BCUT2D eigenvalue weighted by atomic mass is 79.9. The first-order valence-corrected chi connectivity index (χ1v) is 7.87. The molecule has 21 heavy (non-hydrogen) atoms. The van der Waals surface area contributed by atoms with Gasteiger partial charge in [0.2, 0.25) is 0 Å². The van der Waals surface area contributed by atoms with Gasteiger partial charge < -0.3 is 15.2 Å². The van der Waals surface area contributed by atoms with Crippen molar-refractivity contribution in [2.75, 3.05) is 13.2 Å². The van der Waals surface area contributed by atoms with Crippen molar-refractivity contribution in [3.63, 3.8) is 0 Å². The molecule has 1 unspecified atom stereocenters. The highest BCUT2D eigenvalue weighted by Gasteiger charge is 2.11. The number of nitrogens with two attached hydrogens (primary N) is 1. The second-order valence-corrected chi connectivity index (χ2v) is 5.63. The molecule has 112 valence electrons. The van der Waals surface area contributed by atoms with Gasteiger partial charge in [0.15, 0.2) is 0 Å². The molecule has 2 N–H and O–H groups in total. The maximum absolute atomic E-state index is 5.96. The molecular formula is C17H20BrNO2. The van der Waals surface area contributed by atoms with Crippen LogP contribution in [0.5, 0.6) is 11.5 Å². The van der Waals surface area contributed by atoms with Gasteiger partial charge in [0, 0.05) is 11.0 Å². The number of rotatable bonds is 7. The van der Waals surface area contributed by atoms with E-state index in [1.807, 2.05) is 48.5 Å². The first kappa shape index (κ1) is 15.9. The summed E-state index contributed by atoms with van der Waals surface area (Å²) >= 11 is 3.47. The first-order chi connectivity index (χ1) is 10.2. The Hall–Kier alpha value is -1.52. The van der Waals surface area contributed by atoms with Crippen molar-refractivity contribution >= 4 is 15.9 Å². The van der Waals surface area contributed by atoms with Gasteiger partial charge in [-0.3, -0.25) is 0 Å². The van der Waals surface area contributed by atoms with E-state index in [4.69, 9.17) is 15.2 Å². The van der Waals surface area contributed by atoms with Crippen molar-refractivity contribution in [3.8, 4) is 11.5 Å². The van der Waals surface area contributed by atoms with Gasteiger partial charge in [0.1, 0.15) is 17.6 Å². The van der Waals surface area contributed by atoms with Gasteiger partial charge in [-0.2, -0.15) is 0 Å². The molecule has 0 aromatic heterocycles. The van der Waals surface area contributed by atoms with Crippen molar-refractivity contribution in [1.29, 1.82) is 0 Å². The third-order valence-electron chi connectivity index (χ3n) is 3.01. The van der Waals surface area contributed by atoms with Crippen LogP contribution in [0.2, 0.25) is 0 Å². The van der Waals surface area contributed by atoms with Gasteiger partial charge in [0.25, 0.3) is 0 Å². The Bertz CT molecular complexity index is 557. The van der Waals surface area contributed by atoms with Crippen molar-refractivity contribution in [1.82, 2.24) is 0 Å². The highest BCUT2D eigenvalue weighted by molar-refractivity contribution is 9.10. The molecule has 0 heterocycles. The molecule has 3 nitrogen and oxygen atoms in total. The minimum absolute atomic E-state index is 0.162. The lowest BCUT2D eigenvalue weighted by Gasteiger charge is -2.18. The van der Waals surface area contributed by atoms with E-state index in [-0.39, 0.29) is 6.10 Å². The Morgan fingerprint density at radius 1 is 1.10 bits per heavy atom. The number of hydrogen-bond donors (Lipinski definition) is 1. The third kappa shape index (κ3) is 4.76. The molecule has 0 bridgehead atoms. The summed E-state index contributed by atoms with van der Waals surface area (Å²) in [7, 11) is 0. The molecule has 2 aromatic rings. The molecule has 0 saturated heterocycles. The zero-order chi connectivity index (χ0) is 15.1. The zero-order valence-corrected chi connectivity index (χ0v) is 13.7. The van der Waals surface area contributed by atoms with Crippen LogP contribution in [0, 0.1) is 0 Å². The average molecular weight is 350 g/mol. The molecule has 0 aliphatic carbocycles. The topological polar surface area (TPSA) is 44.5 Å². The van der Waals surface area contributed by atoms with Crippen LogP contribution in [0.3, 0.4) is 0 Å². The molecule has 1 atom stereocenters. The summed E-state index contributed by atoms with van der Waals surface area (Å²) in [4.78, 5) is 0. The molecule has 2 aromatic carbocycles. The van der Waals surface area contributed by atoms with Crippen LogP contribution in [-0.4, -0.2) is 13.2 Å². The van der Waals surface area contributed by atoms with Gasteiger partial charge in [-0.1, -0.05) is 35.0 Å². The van der Waals surface area contributed by atoms with Gasteiger partial charge in [-0.05, 0) is 48.4 Å². The highest BCUT2D eigenvalue weighted by Crippen LogP contribution is 2.25. The quantitative estimate of drug-likeness (QED) is 0.809. The van der Waals surface area contributed by atoms with Crippen molar-refractivity contribution in [2.45, 2.75) is 19.4 Å². The largest absolute Gasteiger partial charge is 0.494 e. The summed E-state index contributed by atoms with van der Waals surface area (Å²) in [5, 5.41) is 0. The lowest BCUT2D eigenvalue weighted by atomic mass is 10.1. The van der Waals surface area contributed by atoms with Crippen molar-refractivity contribution in [2.24, 2.45) is 5.73 Å². The predicted octanol–water partition coefficient (Wildman–Crippen LogP) is 4.32. The fraction of sp³-hybridized carbons (Fsp3) is 0.294. The van der Waals surface area contributed by atoms with E-state index < -0.39 is 0 Å². The Morgan fingerprint density at radius 2 is 1.81 bits per heavy atom. The van der Waals surface area contributed by atoms with Crippen LogP contribution in [0.15, 0.2) is 53.0 Å². The van der Waals surface area contributed by atoms with Crippen LogP contribution in [0.25, 0.3) is 0 Å². The molecule has 4 heteroatoms. The molecule has 0 amide bonds. The molecule has 0 radical (unpaired) electrons. The lowest BCUT2D eigenvalue weighted by molar-refractivity contribution is 0.213. The summed E-state index contributed by atoms with van der Waals surface area (Å²) in [6.45, 7) is 3.23. The Labute approximate surface area is 134 Å². The van der Waals surface area contributed by atoms with Crippen LogP contribution in [0.4, 0.5) is 0 Å². The molecule has 0 aliphatic heterocycles.